The number of carbonyl (C=O) groups excluding carboxylic acids is 1. The summed E-state index contributed by atoms with van der Waals surface area (Å²) in [7, 11) is 0.0607. The van der Waals surface area contributed by atoms with Gasteiger partial charge in [-0.2, -0.15) is 23.4 Å². The molecule has 0 atom stereocenters. The van der Waals surface area contributed by atoms with Crippen LogP contribution in [0.25, 0.3) is 5.78 Å². The summed E-state index contributed by atoms with van der Waals surface area (Å²) in [5.74, 6) is 0.305. The zero-order valence-corrected chi connectivity index (χ0v) is 15.9. The third kappa shape index (κ3) is 3.59. The zero-order valence-electron chi connectivity index (χ0n) is 14.3. The van der Waals surface area contributed by atoms with E-state index in [1.807, 2.05) is 4.72 Å². The lowest BCUT2D eigenvalue weighted by atomic mass is 10.6. The molecule has 0 aliphatic heterocycles. The van der Waals surface area contributed by atoms with Crippen LogP contribution >= 0.6 is 11.6 Å². The van der Waals surface area contributed by atoms with E-state index in [9.17, 15) is 13.2 Å². The van der Waals surface area contributed by atoms with E-state index in [4.69, 9.17) is 21.1 Å². The Morgan fingerprint density at radius 1 is 1.15 bits per heavy atom. The minimum absolute atomic E-state index is 0.116. The van der Waals surface area contributed by atoms with Gasteiger partial charge in [-0.3, -0.25) is 9.72 Å². The summed E-state index contributed by atoms with van der Waals surface area (Å²) >= 11 is 5.93. The van der Waals surface area contributed by atoms with Crippen LogP contribution in [-0.4, -0.2) is 52.6 Å². The van der Waals surface area contributed by atoms with Crippen LogP contribution in [0.1, 0.15) is 0 Å². The maximum atomic E-state index is 12.6. The van der Waals surface area contributed by atoms with Gasteiger partial charge in [0.05, 0.1) is 20.3 Å². The third-order valence-corrected chi connectivity index (χ3v) is 5.10. The number of aromatic nitrogens is 5. The molecule has 3 rings (SSSR count). The van der Waals surface area contributed by atoms with E-state index in [0.29, 0.717) is 5.78 Å². The van der Waals surface area contributed by atoms with Crippen LogP contribution in [0.2, 0.25) is 5.15 Å². The average Bonchev–Trinajstić information content (AvgIpc) is 3.12. The summed E-state index contributed by atoms with van der Waals surface area (Å²) in [6.45, 7) is 0. The van der Waals surface area contributed by atoms with Crippen LogP contribution in [0.3, 0.4) is 0 Å². The molecular formula is C13H14ClN7O5S. The van der Waals surface area contributed by atoms with Crippen LogP contribution in [0, 0.1) is 0 Å². The summed E-state index contributed by atoms with van der Waals surface area (Å²) in [4.78, 5) is 23.8. The molecule has 0 aliphatic rings. The molecule has 27 heavy (non-hydrogen) atoms. The second kappa shape index (κ2) is 6.92. The fourth-order valence-electron chi connectivity index (χ4n) is 2.20. The first-order chi connectivity index (χ1) is 12.7. The molecule has 0 aromatic carbocycles. The summed E-state index contributed by atoms with van der Waals surface area (Å²) in [5.41, 5.74) is 0. The molecule has 0 aliphatic carbocycles. The van der Waals surface area contributed by atoms with Crippen molar-refractivity contribution in [1.29, 1.82) is 0 Å². The van der Waals surface area contributed by atoms with Crippen molar-refractivity contribution in [3.8, 4) is 11.8 Å². The van der Waals surface area contributed by atoms with Gasteiger partial charge in [0.25, 0.3) is 10.0 Å². The molecule has 2 amide bonds. The van der Waals surface area contributed by atoms with Crippen molar-refractivity contribution in [2.45, 2.75) is 5.03 Å². The van der Waals surface area contributed by atoms with Crippen molar-refractivity contribution in [2.24, 2.45) is 7.05 Å². The van der Waals surface area contributed by atoms with E-state index in [1.165, 1.54) is 30.9 Å². The quantitative estimate of drug-likeness (QED) is 0.618. The summed E-state index contributed by atoms with van der Waals surface area (Å²) in [6, 6.07) is 0.283. The van der Waals surface area contributed by atoms with Crippen LogP contribution in [-0.2, 0) is 17.1 Å². The minimum atomic E-state index is -4.34. The first-order valence-corrected chi connectivity index (χ1v) is 9.11. The Bertz CT molecular complexity index is 1100. The number of amides is 2. The lowest BCUT2D eigenvalue weighted by Gasteiger charge is -2.09. The smallest absolute Gasteiger partial charge is 0.335 e. The molecule has 3 aromatic heterocycles. The number of hydrogen-bond donors (Lipinski definition) is 2. The average molecular weight is 416 g/mol. The highest BCUT2D eigenvalue weighted by Gasteiger charge is 2.28. The standard InChI is InChI=1S/C13H14ClN7O5S/c1-20-4-5-21-10(9(14)17-13(20)21)27(23,24)19-12(22)18-11-15-7(25-2)6-8(16-11)26-3/h4-6H,1-3H3,(H2,15,16,18,19,22). The minimum Gasteiger partial charge on any atom is -0.481 e. The van der Waals surface area contributed by atoms with Gasteiger partial charge in [0.15, 0.2) is 5.15 Å². The molecule has 0 spiro atoms. The molecule has 0 radical (unpaired) electrons. The highest BCUT2D eigenvalue weighted by molar-refractivity contribution is 7.90. The molecule has 0 saturated carbocycles. The molecule has 14 heteroatoms. The Hall–Kier alpha value is -3.06. The Labute approximate surface area is 158 Å². The molecule has 0 bridgehead atoms. The van der Waals surface area contributed by atoms with Gasteiger partial charge >= 0.3 is 6.03 Å². The Morgan fingerprint density at radius 2 is 1.78 bits per heavy atom. The lowest BCUT2D eigenvalue weighted by Crippen LogP contribution is -2.35. The molecule has 0 saturated heterocycles. The van der Waals surface area contributed by atoms with Crippen LogP contribution in [0.15, 0.2) is 23.5 Å². The van der Waals surface area contributed by atoms with Crippen LogP contribution in [0.4, 0.5) is 10.7 Å². The molecule has 2 N–H and O–H groups in total. The first-order valence-electron chi connectivity index (χ1n) is 7.25. The fourth-order valence-corrected chi connectivity index (χ4v) is 3.73. The van der Waals surface area contributed by atoms with Gasteiger partial charge in [0, 0.05) is 19.4 Å². The molecule has 144 valence electrons. The van der Waals surface area contributed by atoms with Gasteiger partial charge in [-0.1, -0.05) is 11.6 Å². The number of anilines is 1. The molecule has 0 fully saturated rings. The van der Waals surface area contributed by atoms with Gasteiger partial charge in [-0.15, -0.1) is 0 Å². The number of nitrogens with zero attached hydrogens (tertiary/aromatic N) is 5. The number of sulfonamides is 1. The maximum absolute atomic E-state index is 12.6. The van der Waals surface area contributed by atoms with Gasteiger partial charge in [-0.05, 0) is 0 Å². The van der Waals surface area contributed by atoms with Gasteiger partial charge in [0.1, 0.15) is 0 Å². The molecule has 3 heterocycles. The Balaban J connectivity index is 1.86. The Kier molecular flexibility index (Phi) is 4.80. The van der Waals surface area contributed by atoms with E-state index in [1.54, 1.807) is 17.8 Å². The number of urea groups is 1. The number of methoxy groups -OCH3 is 2. The SMILES string of the molecule is COc1cc(OC)nc(NC(=O)NS(=O)(=O)c2c(Cl)nc3n(C)ccn23)n1. The number of fused-ring (bicyclic) bond motifs is 1. The highest BCUT2D eigenvalue weighted by Crippen LogP contribution is 2.23. The topological polar surface area (TPSA) is 142 Å². The summed E-state index contributed by atoms with van der Waals surface area (Å²) < 4.78 is 39.7. The lowest BCUT2D eigenvalue weighted by molar-refractivity contribution is 0.256. The van der Waals surface area contributed by atoms with E-state index in [2.05, 4.69) is 20.3 Å². The molecular weight excluding hydrogens is 402 g/mol. The van der Waals surface area contributed by atoms with Gasteiger partial charge < -0.3 is 14.0 Å². The van der Waals surface area contributed by atoms with Gasteiger partial charge in [-0.25, -0.2) is 9.52 Å². The maximum Gasteiger partial charge on any atom is 0.335 e. The van der Waals surface area contributed by atoms with Crippen molar-refractivity contribution in [3.63, 3.8) is 0 Å². The van der Waals surface area contributed by atoms with Crippen molar-refractivity contribution >= 4 is 39.4 Å². The number of hydrogen-bond acceptors (Lipinski definition) is 8. The van der Waals surface area contributed by atoms with E-state index in [-0.39, 0.29) is 27.9 Å². The van der Waals surface area contributed by atoms with Crippen molar-refractivity contribution in [2.75, 3.05) is 19.5 Å². The number of imidazole rings is 2. The van der Waals surface area contributed by atoms with Gasteiger partial charge in [0.2, 0.25) is 28.5 Å². The predicted octanol–water partition coefficient (Wildman–Crippen LogP) is 0.644. The van der Waals surface area contributed by atoms with E-state index < -0.39 is 16.1 Å². The monoisotopic (exact) mass is 415 g/mol. The normalized spacial score (nSPS) is 11.4. The number of halogens is 1. The number of ether oxygens (including phenoxy) is 2. The fraction of sp³-hybridized carbons (Fsp3) is 0.231. The number of carbonyl (C=O) groups is 1. The van der Waals surface area contributed by atoms with Crippen molar-refractivity contribution in [1.82, 2.24) is 28.6 Å². The van der Waals surface area contributed by atoms with Crippen LogP contribution < -0.4 is 19.5 Å². The predicted molar refractivity (Wildman–Crippen MR) is 93.6 cm³/mol. The second-order valence-electron chi connectivity index (χ2n) is 5.12. The Morgan fingerprint density at radius 3 is 2.37 bits per heavy atom. The molecule has 0 unspecified atom stereocenters. The second-order valence-corrected chi connectivity index (χ2v) is 7.08. The highest BCUT2D eigenvalue weighted by atomic mass is 35.5. The number of aryl methyl sites for hydroxylation is 1. The van der Waals surface area contributed by atoms with Crippen molar-refractivity contribution < 1.29 is 22.7 Å². The largest absolute Gasteiger partial charge is 0.481 e. The summed E-state index contributed by atoms with van der Waals surface area (Å²) in [5, 5.41) is 1.54. The third-order valence-electron chi connectivity index (χ3n) is 3.37. The number of nitrogens with one attached hydrogen (secondary N) is 2. The van der Waals surface area contributed by atoms with Crippen molar-refractivity contribution in [3.05, 3.63) is 23.6 Å². The molecule has 12 nitrogen and oxygen atoms in total. The first kappa shape index (κ1) is 18.7. The summed E-state index contributed by atoms with van der Waals surface area (Å²) in [6.07, 6.45) is 3.05. The molecule has 3 aromatic rings. The van der Waals surface area contributed by atoms with Crippen LogP contribution in [0.5, 0.6) is 11.8 Å². The number of rotatable bonds is 5. The van der Waals surface area contributed by atoms with E-state index >= 15 is 0 Å². The van der Waals surface area contributed by atoms with E-state index in [0.717, 1.165) is 0 Å². The zero-order chi connectivity index (χ0) is 19.8.